The van der Waals surface area contributed by atoms with Crippen LogP contribution in [0.4, 0.5) is 13.2 Å². The van der Waals surface area contributed by atoms with Crippen molar-refractivity contribution in [2.24, 2.45) is 0 Å². The van der Waals surface area contributed by atoms with E-state index in [1.54, 1.807) is 23.0 Å². The van der Waals surface area contributed by atoms with Gasteiger partial charge in [-0.3, -0.25) is 0 Å². The molecule has 0 spiro atoms. The Morgan fingerprint density at radius 2 is 2.18 bits per heavy atom. The Bertz CT molecular complexity index is 518. The summed E-state index contributed by atoms with van der Waals surface area (Å²) in [5.74, 6) is 0. The molecule has 7 heteroatoms. The highest BCUT2D eigenvalue weighted by Crippen LogP contribution is 2.12. The maximum Gasteiger partial charge on any atom is 0.401 e. The third-order valence-corrected chi connectivity index (χ3v) is 2.14. The van der Waals surface area contributed by atoms with Crippen LogP contribution in [0.5, 0.6) is 0 Å². The van der Waals surface area contributed by atoms with Crippen molar-refractivity contribution in [3.05, 3.63) is 29.7 Å². The zero-order valence-corrected chi connectivity index (χ0v) is 9.12. The molecule has 0 fully saturated rings. The van der Waals surface area contributed by atoms with E-state index in [2.05, 4.69) is 15.4 Å². The summed E-state index contributed by atoms with van der Waals surface area (Å²) in [6.07, 6.45) is -0.988. The number of aromatic nitrogens is 3. The van der Waals surface area contributed by atoms with Gasteiger partial charge in [-0.1, -0.05) is 0 Å². The molecule has 0 unspecified atom stereocenters. The van der Waals surface area contributed by atoms with Crippen molar-refractivity contribution in [1.82, 2.24) is 19.9 Å². The Kier molecular flexibility index (Phi) is 3.01. The van der Waals surface area contributed by atoms with Crippen LogP contribution in [-0.2, 0) is 6.54 Å². The summed E-state index contributed by atoms with van der Waals surface area (Å²) in [6, 6.07) is 1.80. The summed E-state index contributed by atoms with van der Waals surface area (Å²) in [5, 5.41) is 6.44. The third kappa shape index (κ3) is 3.16. The second-order valence-corrected chi connectivity index (χ2v) is 3.77. The molecule has 1 N–H and O–H groups in total. The summed E-state index contributed by atoms with van der Waals surface area (Å²) < 4.78 is 37.3. The maximum atomic E-state index is 11.9. The first-order chi connectivity index (χ1) is 7.94. The molecule has 0 amide bonds. The molecule has 2 aromatic heterocycles. The SMILES string of the molecule is Cc1cc2ncc(CNCC(F)(F)F)cn2n1. The highest BCUT2D eigenvalue weighted by atomic mass is 19.4. The smallest absolute Gasteiger partial charge is 0.304 e. The number of aryl methyl sites for hydroxylation is 1. The molecule has 2 rings (SSSR count). The van der Waals surface area contributed by atoms with Gasteiger partial charge < -0.3 is 5.32 Å². The van der Waals surface area contributed by atoms with E-state index < -0.39 is 12.7 Å². The van der Waals surface area contributed by atoms with Gasteiger partial charge in [0.25, 0.3) is 0 Å². The summed E-state index contributed by atoms with van der Waals surface area (Å²) in [7, 11) is 0. The molecule has 17 heavy (non-hydrogen) atoms. The van der Waals surface area contributed by atoms with Gasteiger partial charge in [-0.2, -0.15) is 18.3 Å². The Balaban J connectivity index is 2.04. The fraction of sp³-hybridized carbons (Fsp3) is 0.400. The monoisotopic (exact) mass is 244 g/mol. The standard InChI is InChI=1S/C10H11F3N4/c1-7-2-9-15-4-8(5-17(9)16-7)3-14-6-10(11,12)13/h2,4-5,14H,3,6H2,1H3. The van der Waals surface area contributed by atoms with E-state index in [-0.39, 0.29) is 6.54 Å². The van der Waals surface area contributed by atoms with Crippen LogP contribution in [0, 0.1) is 6.92 Å². The molecule has 4 nitrogen and oxygen atoms in total. The van der Waals surface area contributed by atoms with Crippen LogP contribution in [0.15, 0.2) is 18.5 Å². The minimum Gasteiger partial charge on any atom is -0.304 e. The Hall–Kier alpha value is -1.63. The van der Waals surface area contributed by atoms with Crippen LogP contribution in [0.2, 0.25) is 0 Å². The maximum absolute atomic E-state index is 11.9. The molecular weight excluding hydrogens is 233 g/mol. The van der Waals surface area contributed by atoms with Crippen LogP contribution in [-0.4, -0.2) is 27.3 Å². The number of halogens is 3. The zero-order chi connectivity index (χ0) is 12.5. The van der Waals surface area contributed by atoms with Gasteiger partial charge in [0.15, 0.2) is 5.65 Å². The number of hydrogen-bond acceptors (Lipinski definition) is 3. The Morgan fingerprint density at radius 1 is 1.41 bits per heavy atom. The number of rotatable bonds is 3. The molecule has 0 radical (unpaired) electrons. The lowest BCUT2D eigenvalue weighted by Gasteiger charge is -2.07. The fourth-order valence-electron chi connectivity index (χ4n) is 1.47. The highest BCUT2D eigenvalue weighted by molar-refractivity contribution is 5.38. The predicted molar refractivity (Wildman–Crippen MR) is 55.5 cm³/mol. The Morgan fingerprint density at radius 3 is 2.88 bits per heavy atom. The second-order valence-electron chi connectivity index (χ2n) is 3.77. The highest BCUT2D eigenvalue weighted by Gasteiger charge is 2.26. The molecule has 0 aliphatic carbocycles. The molecule has 0 saturated heterocycles. The van der Waals surface area contributed by atoms with Crippen LogP contribution in [0.25, 0.3) is 5.65 Å². The minimum atomic E-state index is -4.19. The van der Waals surface area contributed by atoms with E-state index in [0.717, 1.165) is 5.69 Å². The van der Waals surface area contributed by atoms with Crippen molar-refractivity contribution in [2.45, 2.75) is 19.6 Å². The molecule has 0 bridgehead atoms. The van der Waals surface area contributed by atoms with Crippen molar-refractivity contribution >= 4 is 5.65 Å². The van der Waals surface area contributed by atoms with Gasteiger partial charge in [0.05, 0.1) is 12.2 Å². The van der Waals surface area contributed by atoms with Crippen molar-refractivity contribution < 1.29 is 13.2 Å². The van der Waals surface area contributed by atoms with Crippen molar-refractivity contribution in [3.63, 3.8) is 0 Å². The summed E-state index contributed by atoms with van der Waals surface area (Å²) in [4.78, 5) is 4.10. The molecule has 0 aliphatic heterocycles. The third-order valence-electron chi connectivity index (χ3n) is 2.14. The zero-order valence-electron chi connectivity index (χ0n) is 9.12. The van der Waals surface area contributed by atoms with Gasteiger partial charge in [0.1, 0.15) is 0 Å². The van der Waals surface area contributed by atoms with E-state index >= 15 is 0 Å². The van der Waals surface area contributed by atoms with Crippen molar-refractivity contribution in [2.75, 3.05) is 6.54 Å². The van der Waals surface area contributed by atoms with E-state index in [4.69, 9.17) is 0 Å². The summed E-state index contributed by atoms with van der Waals surface area (Å²) in [6.45, 7) is 0.931. The topological polar surface area (TPSA) is 42.2 Å². The van der Waals surface area contributed by atoms with Crippen LogP contribution in [0.1, 0.15) is 11.3 Å². The average molecular weight is 244 g/mol. The molecule has 2 heterocycles. The molecule has 0 atom stereocenters. The van der Waals surface area contributed by atoms with Gasteiger partial charge >= 0.3 is 6.18 Å². The van der Waals surface area contributed by atoms with E-state index in [9.17, 15) is 13.2 Å². The molecule has 0 aromatic carbocycles. The van der Waals surface area contributed by atoms with E-state index in [0.29, 0.717) is 11.2 Å². The molecular formula is C10H11F3N4. The number of hydrogen-bond donors (Lipinski definition) is 1. The van der Waals surface area contributed by atoms with Gasteiger partial charge in [0.2, 0.25) is 0 Å². The number of nitrogens with zero attached hydrogens (tertiary/aromatic N) is 3. The normalized spacial score (nSPS) is 12.2. The van der Waals surface area contributed by atoms with Crippen LogP contribution >= 0.6 is 0 Å². The van der Waals surface area contributed by atoms with Crippen molar-refractivity contribution in [1.29, 1.82) is 0 Å². The molecule has 0 aliphatic rings. The quantitative estimate of drug-likeness (QED) is 0.893. The van der Waals surface area contributed by atoms with Crippen molar-refractivity contribution in [3.8, 4) is 0 Å². The first-order valence-corrected chi connectivity index (χ1v) is 5.02. The lowest BCUT2D eigenvalue weighted by Crippen LogP contribution is -2.28. The number of fused-ring (bicyclic) bond motifs is 1. The molecule has 92 valence electrons. The van der Waals surface area contributed by atoms with Crippen LogP contribution in [0.3, 0.4) is 0 Å². The van der Waals surface area contributed by atoms with E-state index in [1.165, 1.54) is 0 Å². The minimum absolute atomic E-state index is 0.112. The van der Waals surface area contributed by atoms with Crippen LogP contribution < -0.4 is 5.32 Å². The largest absolute Gasteiger partial charge is 0.401 e. The molecule has 0 saturated carbocycles. The van der Waals surface area contributed by atoms with Gasteiger partial charge in [0, 0.05) is 30.6 Å². The van der Waals surface area contributed by atoms with Gasteiger partial charge in [-0.25, -0.2) is 9.50 Å². The fourth-order valence-corrected chi connectivity index (χ4v) is 1.47. The average Bonchev–Trinajstić information content (AvgIpc) is 2.55. The number of nitrogens with one attached hydrogen (secondary N) is 1. The summed E-state index contributed by atoms with van der Waals surface area (Å²) >= 11 is 0. The number of alkyl halides is 3. The first-order valence-electron chi connectivity index (χ1n) is 5.02. The predicted octanol–water partition coefficient (Wildman–Crippen LogP) is 1.69. The molecule has 2 aromatic rings. The van der Waals surface area contributed by atoms with E-state index in [1.807, 2.05) is 6.92 Å². The lowest BCUT2D eigenvalue weighted by atomic mass is 10.3. The van der Waals surface area contributed by atoms with Gasteiger partial charge in [-0.05, 0) is 6.92 Å². The second kappa shape index (κ2) is 4.33. The Labute approximate surface area is 95.5 Å². The summed E-state index contributed by atoms with van der Waals surface area (Å²) in [5.41, 5.74) is 2.16. The lowest BCUT2D eigenvalue weighted by molar-refractivity contribution is -0.125. The van der Waals surface area contributed by atoms with Gasteiger partial charge in [-0.15, -0.1) is 0 Å². The first kappa shape index (κ1) is 11.8.